The first-order valence-corrected chi connectivity index (χ1v) is 10.5. The molecule has 1 amide bonds. The third kappa shape index (κ3) is 4.93. The molecule has 0 bridgehead atoms. The summed E-state index contributed by atoms with van der Waals surface area (Å²) in [6.07, 6.45) is 4.65. The van der Waals surface area contributed by atoms with E-state index in [4.69, 9.17) is 16.3 Å². The molecular weight excluding hydrogens is 446 g/mol. The Labute approximate surface area is 193 Å². The molecule has 0 saturated heterocycles. The van der Waals surface area contributed by atoms with Crippen LogP contribution in [0.3, 0.4) is 0 Å². The number of nitrogens with zero attached hydrogens (tertiary/aromatic N) is 4. The standard InChI is InChI=1S/C23H20ClN5O4/c1-28-20-14-26-19(21(30)27-13-15-3-2-8-25-12-15)11-18(20)22(31)29(23(28)32)9-10-33-17-6-4-16(24)5-7-17/h2-8,11-12,14H,9-10,13H2,1H3,(H,27,30). The molecule has 0 saturated carbocycles. The fourth-order valence-electron chi connectivity index (χ4n) is 3.29. The molecule has 1 N–H and O–H groups in total. The lowest BCUT2D eigenvalue weighted by Gasteiger charge is -2.12. The lowest BCUT2D eigenvalue weighted by atomic mass is 10.2. The van der Waals surface area contributed by atoms with Crippen LogP contribution in [0, 0.1) is 0 Å². The third-order valence-electron chi connectivity index (χ3n) is 5.04. The second kappa shape index (κ2) is 9.66. The highest BCUT2D eigenvalue weighted by molar-refractivity contribution is 6.30. The summed E-state index contributed by atoms with van der Waals surface area (Å²) in [5.41, 5.74) is 0.228. The average Bonchev–Trinajstić information content (AvgIpc) is 2.84. The summed E-state index contributed by atoms with van der Waals surface area (Å²) in [6, 6.07) is 11.8. The molecule has 0 atom stereocenters. The molecule has 3 aromatic heterocycles. The summed E-state index contributed by atoms with van der Waals surface area (Å²) in [6.45, 7) is 0.409. The second-order valence-electron chi connectivity index (χ2n) is 7.23. The Balaban J connectivity index is 1.56. The van der Waals surface area contributed by atoms with E-state index in [1.54, 1.807) is 49.8 Å². The molecule has 0 aliphatic heterocycles. The van der Waals surface area contributed by atoms with Gasteiger partial charge < -0.3 is 10.1 Å². The summed E-state index contributed by atoms with van der Waals surface area (Å²) in [5, 5.41) is 3.54. The Morgan fingerprint density at radius 3 is 2.67 bits per heavy atom. The van der Waals surface area contributed by atoms with Gasteiger partial charge in [-0.05, 0) is 42.0 Å². The minimum Gasteiger partial charge on any atom is -0.492 e. The fourth-order valence-corrected chi connectivity index (χ4v) is 3.41. The molecule has 9 nitrogen and oxygen atoms in total. The Kier molecular flexibility index (Phi) is 6.50. The average molecular weight is 466 g/mol. The van der Waals surface area contributed by atoms with Crippen molar-refractivity contribution in [3.63, 3.8) is 0 Å². The first kappa shape index (κ1) is 22.2. The van der Waals surface area contributed by atoms with Crippen LogP contribution in [-0.2, 0) is 20.1 Å². The summed E-state index contributed by atoms with van der Waals surface area (Å²) in [7, 11) is 1.55. The van der Waals surface area contributed by atoms with Crippen molar-refractivity contribution in [2.45, 2.75) is 13.1 Å². The topological polar surface area (TPSA) is 108 Å². The predicted octanol–water partition coefficient (Wildman–Crippen LogP) is 2.15. The number of rotatable bonds is 7. The van der Waals surface area contributed by atoms with E-state index in [2.05, 4.69) is 15.3 Å². The van der Waals surface area contributed by atoms with Gasteiger partial charge in [0.15, 0.2) is 0 Å². The minimum absolute atomic E-state index is 0.0366. The van der Waals surface area contributed by atoms with Crippen LogP contribution < -0.4 is 21.3 Å². The number of pyridine rings is 2. The Morgan fingerprint density at radius 1 is 1.15 bits per heavy atom. The molecular formula is C23H20ClN5O4. The van der Waals surface area contributed by atoms with Gasteiger partial charge in [-0.3, -0.25) is 23.7 Å². The lowest BCUT2D eigenvalue weighted by molar-refractivity contribution is 0.0946. The van der Waals surface area contributed by atoms with Gasteiger partial charge in [0.2, 0.25) is 0 Å². The van der Waals surface area contributed by atoms with Crippen LogP contribution in [0.1, 0.15) is 16.1 Å². The van der Waals surface area contributed by atoms with E-state index >= 15 is 0 Å². The maximum atomic E-state index is 13.1. The highest BCUT2D eigenvalue weighted by Crippen LogP contribution is 2.15. The number of amides is 1. The van der Waals surface area contributed by atoms with Gasteiger partial charge in [-0.25, -0.2) is 9.78 Å². The number of carbonyl (C=O) groups excluding carboxylic acids is 1. The minimum atomic E-state index is -0.517. The highest BCUT2D eigenvalue weighted by Gasteiger charge is 2.15. The largest absolute Gasteiger partial charge is 0.492 e. The van der Waals surface area contributed by atoms with Gasteiger partial charge in [-0.1, -0.05) is 17.7 Å². The number of ether oxygens (including phenoxy) is 1. The van der Waals surface area contributed by atoms with Crippen LogP contribution in [0.4, 0.5) is 0 Å². The zero-order valence-electron chi connectivity index (χ0n) is 17.7. The van der Waals surface area contributed by atoms with Crippen molar-refractivity contribution in [3.05, 3.63) is 98.2 Å². The van der Waals surface area contributed by atoms with Crippen LogP contribution in [0.25, 0.3) is 10.9 Å². The highest BCUT2D eigenvalue weighted by atomic mass is 35.5. The zero-order valence-corrected chi connectivity index (χ0v) is 18.5. The van der Waals surface area contributed by atoms with Crippen LogP contribution in [0.15, 0.2) is 70.6 Å². The van der Waals surface area contributed by atoms with Gasteiger partial charge in [-0.2, -0.15) is 0 Å². The number of aryl methyl sites for hydroxylation is 1. The molecule has 33 heavy (non-hydrogen) atoms. The van der Waals surface area contributed by atoms with Crippen molar-refractivity contribution in [1.29, 1.82) is 0 Å². The second-order valence-corrected chi connectivity index (χ2v) is 7.67. The van der Waals surface area contributed by atoms with Crippen molar-refractivity contribution < 1.29 is 9.53 Å². The predicted molar refractivity (Wildman–Crippen MR) is 124 cm³/mol. The molecule has 1 aromatic carbocycles. The number of carbonyl (C=O) groups is 1. The van der Waals surface area contributed by atoms with Crippen LogP contribution >= 0.6 is 11.6 Å². The summed E-state index contributed by atoms with van der Waals surface area (Å²) in [4.78, 5) is 46.5. The van der Waals surface area contributed by atoms with Crippen LogP contribution in [0.2, 0.25) is 5.02 Å². The van der Waals surface area contributed by atoms with Gasteiger partial charge in [0.1, 0.15) is 18.1 Å². The van der Waals surface area contributed by atoms with Gasteiger partial charge in [0, 0.05) is 31.0 Å². The lowest BCUT2D eigenvalue weighted by Crippen LogP contribution is -2.40. The molecule has 0 aliphatic carbocycles. The van der Waals surface area contributed by atoms with E-state index in [9.17, 15) is 14.4 Å². The quantitative estimate of drug-likeness (QED) is 0.448. The molecule has 0 radical (unpaired) electrons. The Morgan fingerprint density at radius 2 is 1.94 bits per heavy atom. The van der Waals surface area contributed by atoms with E-state index in [0.717, 1.165) is 10.1 Å². The van der Waals surface area contributed by atoms with Crippen LogP contribution in [-0.4, -0.2) is 31.6 Å². The smallest absolute Gasteiger partial charge is 0.331 e. The van der Waals surface area contributed by atoms with E-state index < -0.39 is 17.2 Å². The molecule has 168 valence electrons. The first-order valence-electron chi connectivity index (χ1n) is 10.1. The molecule has 10 heteroatoms. The van der Waals surface area contributed by atoms with Gasteiger partial charge in [-0.15, -0.1) is 0 Å². The number of aromatic nitrogens is 4. The van der Waals surface area contributed by atoms with E-state index in [-0.39, 0.29) is 30.8 Å². The number of benzene rings is 1. The molecule has 3 heterocycles. The van der Waals surface area contributed by atoms with Crippen molar-refractivity contribution >= 4 is 28.4 Å². The summed E-state index contributed by atoms with van der Waals surface area (Å²) < 4.78 is 8.02. The number of nitrogens with one attached hydrogen (secondary N) is 1. The Bertz CT molecular complexity index is 1420. The summed E-state index contributed by atoms with van der Waals surface area (Å²) >= 11 is 5.86. The number of hydrogen-bond donors (Lipinski definition) is 1. The number of halogens is 1. The van der Waals surface area contributed by atoms with Crippen molar-refractivity contribution in [2.24, 2.45) is 7.05 Å². The van der Waals surface area contributed by atoms with Gasteiger partial charge in [0.05, 0.1) is 23.6 Å². The van der Waals surface area contributed by atoms with E-state index in [1.807, 2.05) is 6.07 Å². The first-order chi connectivity index (χ1) is 15.9. The molecule has 0 unspecified atom stereocenters. The van der Waals surface area contributed by atoms with Crippen molar-refractivity contribution in [1.82, 2.24) is 24.4 Å². The van der Waals surface area contributed by atoms with Crippen molar-refractivity contribution in [2.75, 3.05) is 6.61 Å². The number of fused-ring (bicyclic) bond motifs is 1. The SMILES string of the molecule is Cn1c(=O)n(CCOc2ccc(Cl)cc2)c(=O)c2cc(C(=O)NCc3cccnc3)ncc21. The maximum absolute atomic E-state index is 13.1. The van der Waals surface area contributed by atoms with E-state index in [0.29, 0.717) is 16.3 Å². The molecule has 0 aliphatic rings. The summed E-state index contributed by atoms with van der Waals surface area (Å²) in [5.74, 6) is 0.133. The monoisotopic (exact) mass is 465 g/mol. The van der Waals surface area contributed by atoms with Gasteiger partial charge in [0.25, 0.3) is 11.5 Å². The van der Waals surface area contributed by atoms with Crippen LogP contribution in [0.5, 0.6) is 5.75 Å². The normalized spacial score (nSPS) is 10.8. The maximum Gasteiger partial charge on any atom is 0.331 e. The molecule has 0 fully saturated rings. The third-order valence-corrected chi connectivity index (χ3v) is 5.30. The fraction of sp³-hybridized carbons (Fsp3) is 0.174. The van der Waals surface area contributed by atoms with E-state index in [1.165, 1.54) is 16.8 Å². The molecule has 0 spiro atoms. The van der Waals surface area contributed by atoms with Gasteiger partial charge >= 0.3 is 5.69 Å². The number of hydrogen-bond acceptors (Lipinski definition) is 6. The molecule has 4 rings (SSSR count). The zero-order chi connectivity index (χ0) is 23.4. The Hall–Kier alpha value is -3.98. The molecule has 4 aromatic rings. The van der Waals surface area contributed by atoms with Crippen molar-refractivity contribution in [3.8, 4) is 5.75 Å².